The van der Waals surface area contributed by atoms with E-state index in [1.165, 1.54) is 4.90 Å². The monoisotopic (exact) mass is 332 g/mol. The lowest BCUT2D eigenvalue weighted by molar-refractivity contribution is -0.119. The molecule has 1 aliphatic rings. The van der Waals surface area contributed by atoms with Crippen LogP contribution < -0.4 is 10.2 Å². The second-order valence-corrected chi connectivity index (χ2v) is 5.88. The number of carbonyl (C=O) groups is 2. The summed E-state index contributed by atoms with van der Waals surface area (Å²) in [6, 6.07) is 16.8. The molecular formula is C19H16N4O2. The van der Waals surface area contributed by atoms with E-state index >= 15 is 0 Å². The number of fused-ring (bicyclic) bond motifs is 2. The van der Waals surface area contributed by atoms with E-state index < -0.39 is 6.17 Å². The Balaban J connectivity index is 1.60. The lowest BCUT2D eigenvalue weighted by Gasteiger charge is -2.20. The van der Waals surface area contributed by atoms with Crippen LogP contribution in [0.1, 0.15) is 16.1 Å². The van der Waals surface area contributed by atoms with Crippen LogP contribution in [-0.2, 0) is 4.79 Å². The second-order valence-electron chi connectivity index (χ2n) is 5.88. The Morgan fingerprint density at radius 3 is 2.76 bits per heavy atom. The van der Waals surface area contributed by atoms with E-state index in [-0.39, 0.29) is 11.8 Å². The van der Waals surface area contributed by atoms with Gasteiger partial charge in [-0.3, -0.25) is 14.6 Å². The number of para-hydroxylation sites is 2. The van der Waals surface area contributed by atoms with Crippen LogP contribution in [-0.4, -0.2) is 36.2 Å². The highest BCUT2D eigenvalue weighted by Crippen LogP contribution is 2.21. The molecule has 0 bridgehead atoms. The Hall–Kier alpha value is -3.41. The van der Waals surface area contributed by atoms with Gasteiger partial charge in [0.2, 0.25) is 6.17 Å². The Morgan fingerprint density at radius 1 is 1.16 bits per heavy atom. The van der Waals surface area contributed by atoms with Gasteiger partial charge < -0.3 is 15.2 Å². The Labute approximate surface area is 144 Å². The standard InChI is InChI=1S/C19H16N4O2/c1-23-16-9-5-3-7-13(16)11-20-17(19(23)25)22-18(24)15-10-12-6-2-4-8-14(12)21-15/h2-11,17,21H,1H3,(H,22,24). The highest BCUT2D eigenvalue weighted by atomic mass is 16.2. The van der Waals surface area contributed by atoms with E-state index in [1.54, 1.807) is 19.3 Å². The molecule has 4 rings (SSSR count). The minimum absolute atomic E-state index is 0.286. The van der Waals surface area contributed by atoms with Gasteiger partial charge >= 0.3 is 0 Å². The maximum absolute atomic E-state index is 12.6. The number of amides is 2. The van der Waals surface area contributed by atoms with Gasteiger partial charge in [0.1, 0.15) is 5.69 Å². The van der Waals surface area contributed by atoms with Crippen molar-refractivity contribution in [2.75, 3.05) is 11.9 Å². The van der Waals surface area contributed by atoms with Crippen LogP contribution in [0, 0.1) is 0 Å². The number of H-pyrrole nitrogens is 1. The number of benzene rings is 2. The lowest BCUT2D eigenvalue weighted by Crippen LogP contribution is -2.46. The fourth-order valence-electron chi connectivity index (χ4n) is 2.92. The second kappa shape index (κ2) is 5.90. The van der Waals surface area contributed by atoms with Crippen LogP contribution in [0.4, 0.5) is 5.69 Å². The van der Waals surface area contributed by atoms with E-state index in [0.717, 1.165) is 22.2 Å². The van der Waals surface area contributed by atoms with E-state index in [0.29, 0.717) is 5.69 Å². The maximum atomic E-state index is 12.6. The number of likely N-dealkylation sites (N-methyl/N-ethyl adjacent to an activating group) is 1. The molecule has 1 unspecified atom stereocenters. The number of aromatic nitrogens is 1. The van der Waals surface area contributed by atoms with E-state index in [2.05, 4.69) is 15.3 Å². The van der Waals surface area contributed by atoms with Crippen molar-refractivity contribution in [1.82, 2.24) is 10.3 Å². The van der Waals surface area contributed by atoms with E-state index in [4.69, 9.17) is 0 Å². The van der Waals surface area contributed by atoms with Crippen molar-refractivity contribution in [1.29, 1.82) is 0 Å². The summed E-state index contributed by atoms with van der Waals surface area (Å²) in [6.45, 7) is 0. The number of rotatable bonds is 2. The number of hydrogen-bond acceptors (Lipinski definition) is 3. The van der Waals surface area contributed by atoms with E-state index in [1.807, 2.05) is 48.5 Å². The molecule has 2 N–H and O–H groups in total. The van der Waals surface area contributed by atoms with Gasteiger partial charge in [-0.1, -0.05) is 36.4 Å². The molecular weight excluding hydrogens is 316 g/mol. The molecule has 1 atom stereocenters. The van der Waals surface area contributed by atoms with Gasteiger partial charge in [0, 0.05) is 29.7 Å². The number of aliphatic imine (C=N–C) groups is 1. The fourth-order valence-corrected chi connectivity index (χ4v) is 2.92. The lowest BCUT2D eigenvalue weighted by atomic mass is 10.2. The molecule has 2 amide bonds. The molecule has 0 aliphatic carbocycles. The van der Waals surface area contributed by atoms with Crippen molar-refractivity contribution in [3.05, 3.63) is 65.9 Å². The van der Waals surface area contributed by atoms with Crippen LogP contribution in [0.3, 0.4) is 0 Å². The minimum atomic E-state index is -0.962. The van der Waals surface area contributed by atoms with Crippen molar-refractivity contribution in [2.24, 2.45) is 4.99 Å². The summed E-state index contributed by atoms with van der Waals surface area (Å²) in [5.41, 5.74) is 2.86. The van der Waals surface area contributed by atoms with Crippen LogP contribution in [0.25, 0.3) is 10.9 Å². The number of aromatic amines is 1. The van der Waals surface area contributed by atoms with Gasteiger partial charge in [0.25, 0.3) is 11.8 Å². The van der Waals surface area contributed by atoms with Crippen LogP contribution in [0.15, 0.2) is 59.6 Å². The summed E-state index contributed by atoms with van der Waals surface area (Å²) in [5, 5.41) is 3.63. The molecule has 2 aromatic carbocycles. The summed E-state index contributed by atoms with van der Waals surface area (Å²) in [4.78, 5) is 34.0. The Bertz CT molecular complexity index is 972. The number of anilines is 1. The first kappa shape index (κ1) is 15.1. The maximum Gasteiger partial charge on any atom is 0.272 e. The third-order valence-corrected chi connectivity index (χ3v) is 4.27. The third-order valence-electron chi connectivity index (χ3n) is 4.27. The molecule has 1 aliphatic heterocycles. The predicted molar refractivity (Wildman–Crippen MR) is 97.0 cm³/mol. The summed E-state index contributed by atoms with van der Waals surface area (Å²) < 4.78 is 0. The first-order valence-electron chi connectivity index (χ1n) is 7.92. The summed E-state index contributed by atoms with van der Waals surface area (Å²) >= 11 is 0. The van der Waals surface area contributed by atoms with Gasteiger partial charge in [-0.2, -0.15) is 0 Å². The van der Waals surface area contributed by atoms with Gasteiger partial charge in [-0.15, -0.1) is 0 Å². The molecule has 6 nitrogen and oxygen atoms in total. The molecule has 0 fully saturated rings. The fraction of sp³-hybridized carbons (Fsp3) is 0.105. The highest BCUT2D eigenvalue weighted by molar-refractivity contribution is 6.07. The average Bonchev–Trinajstić information content (AvgIpc) is 3.04. The number of nitrogens with zero attached hydrogens (tertiary/aromatic N) is 2. The minimum Gasteiger partial charge on any atom is -0.351 e. The first-order chi connectivity index (χ1) is 12.1. The van der Waals surface area contributed by atoms with Gasteiger partial charge in [-0.25, -0.2) is 0 Å². The molecule has 2 heterocycles. The molecule has 0 spiro atoms. The number of carbonyl (C=O) groups excluding carboxylic acids is 2. The SMILES string of the molecule is CN1C(=O)C(NC(=O)c2cc3ccccc3[nH]2)N=Cc2ccccc21. The van der Waals surface area contributed by atoms with Gasteiger partial charge in [0.05, 0.1) is 5.69 Å². The highest BCUT2D eigenvalue weighted by Gasteiger charge is 2.27. The van der Waals surface area contributed by atoms with E-state index in [9.17, 15) is 9.59 Å². The van der Waals surface area contributed by atoms with Gasteiger partial charge in [-0.05, 0) is 18.2 Å². The molecule has 1 aromatic heterocycles. The first-order valence-corrected chi connectivity index (χ1v) is 7.92. The predicted octanol–water partition coefficient (Wildman–Crippen LogP) is 2.32. The number of hydrogen-bond donors (Lipinski definition) is 2. The summed E-state index contributed by atoms with van der Waals surface area (Å²) in [7, 11) is 1.68. The topological polar surface area (TPSA) is 77.6 Å². The summed E-state index contributed by atoms with van der Waals surface area (Å²) in [5.74, 6) is -0.656. The molecule has 0 saturated heterocycles. The van der Waals surface area contributed by atoms with Crippen molar-refractivity contribution < 1.29 is 9.59 Å². The largest absolute Gasteiger partial charge is 0.351 e. The van der Waals surface area contributed by atoms with Crippen molar-refractivity contribution in [3.63, 3.8) is 0 Å². The quantitative estimate of drug-likeness (QED) is 0.755. The average molecular weight is 332 g/mol. The third kappa shape index (κ3) is 2.67. The normalized spacial score (nSPS) is 16.6. The zero-order valence-electron chi connectivity index (χ0n) is 13.6. The number of benzodiazepines with no additional fused rings is 1. The number of nitrogens with one attached hydrogen (secondary N) is 2. The van der Waals surface area contributed by atoms with Crippen molar-refractivity contribution >= 4 is 34.6 Å². The van der Waals surface area contributed by atoms with Crippen LogP contribution in [0.5, 0.6) is 0 Å². The molecule has 0 radical (unpaired) electrons. The summed E-state index contributed by atoms with van der Waals surface area (Å²) in [6.07, 6.45) is 0.656. The van der Waals surface area contributed by atoms with Gasteiger partial charge in [0.15, 0.2) is 0 Å². The van der Waals surface area contributed by atoms with Crippen molar-refractivity contribution in [3.8, 4) is 0 Å². The van der Waals surface area contributed by atoms with Crippen LogP contribution >= 0.6 is 0 Å². The zero-order chi connectivity index (χ0) is 17.4. The smallest absolute Gasteiger partial charge is 0.272 e. The Morgan fingerprint density at radius 2 is 1.92 bits per heavy atom. The van der Waals surface area contributed by atoms with Crippen LogP contribution in [0.2, 0.25) is 0 Å². The van der Waals surface area contributed by atoms with Crippen molar-refractivity contribution in [2.45, 2.75) is 6.17 Å². The molecule has 6 heteroatoms. The Kier molecular flexibility index (Phi) is 3.57. The molecule has 124 valence electrons. The molecule has 0 saturated carbocycles. The molecule has 25 heavy (non-hydrogen) atoms. The molecule has 3 aromatic rings. The zero-order valence-corrected chi connectivity index (χ0v) is 13.6.